The molecule has 0 saturated carbocycles. The zero-order chi connectivity index (χ0) is 11.9. The Morgan fingerprint density at radius 1 is 1.11 bits per heavy atom. The molecule has 0 amide bonds. The lowest BCUT2D eigenvalue weighted by atomic mass is 10.2. The number of hydrogen-bond acceptors (Lipinski definition) is 5. The summed E-state index contributed by atoms with van der Waals surface area (Å²) in [6.45, 7) is 0. The smallest absolute Gasteiger partial charge is 0.202 e. The number of nitrogens with zero attached hydrogens (tertiary/aromatic N) is 6. The van der Waals surface area contributed by atoms with Crippen molar-refractivity contribution in [1.29, 1.82) is 0 Å². The van der Waals surface area contributed by atoms with Gasteiger partial charge in [-0.2, -0.15) is 0 Å². The van der Waals surface area contributed by atoms with Gasteiger partial charge in [0.15, 0.2) is 5.65 Å². The van der Waals surface area contributed by atoms with Crippen molar-refractivity contribution >= 4 is 5.65 Å². The van der Waals surface area contributed by atoms with Crippen LogP contribution in [-0.2, 0) is 12.8 Å². The average Bonchev–Trinajstić information content (AvgIpc) is 3.05. The highest BCUT2D eigenvalue weighted by Crippen LogP contribution is 2.24. The van der Waals surface area contributed by atoms with Crippen molar-refractivity contribution in [3.63, 3.8) is 0 Å². The van der Waals surface area contributed by atoms with Crippen LogP contribution >= 0.6 is 0 Å². The molecule has 1 aliphatic carbocycles. The van der Waals surface area contributed by atoms with Gasteiger partial charge in [-0.1, -0.05) is 0 Å². The SMILES string of the molecule is c1cnc(-c2nc3c4c(ncn3n2)CCC4)cn1. The molecule has 3 aromatic heterocycles. The van der Waals surface area contributed by atoms with E-state index in [-0.39, 0.29) is 0 Å². The first-order chi connectivity index (χ1) is 8.92. The van der Waals surface area contributed by atoms with Crippen LogP contribution in [0.4, 0.5) is 0 Å². The molecular weight excluding hydrogens is 228 g/mol. The van der Waals surface area contributed by atoms with Crippen molar-refractivity contribution in [1.82, 2.24) is 29.5 Å². The van der Waals surface area contributed by atoms with Crippen molar-refractivity contribution < 1.29 is 0 Å². The second-order valence-electron chi connectivity index (χ2n) is 4.32. The zero-order valence-electron chi connectivity index (χ0n) is 9.61. The Bertz CT molecular complexity index is 718. The van der Waals surface area contributed by atoms with Gasteiger partial charge in [-0.15, -0.1) is 5.10 Å². The molecule has 6 heteroatoms. The van der Waals surface area contributed by atoms with E-state index in [2.05, 4.69) is 25.0 Å². The largest absolute Gasteiger partial charge is 0.261 e. The lowest BCUT2D eigenvalue weighted by Gasteiger charge is -1.97. The van der Waals surface area contributed by atoms with Gasteiger partial charge in [0.05, 0.1) is 6.20 Å². The molecule has 4 rings (SSSR count). The highest BCUT2D eigenvalue weighted by Gasteiger charge is 2.19. The minimum atomic E-state index is 0.602. The molecule has 0 atom stereocenters. The number of aryl methyl sites for hydroxylation is 2. The van der Waals surface area contributed by atoms with Crippen LogP contribution in [0.1, 0.15) is 17.7 Å². The van der Waals surface area contributed by atoms with Gasteiger partial charge in [-0.05, 0) is 19.3 Å². The third-order valence-electron chi connectivity index (χ3n) is 3.21. The highest BCUT2D eigenvalue weighted by atomic mass is 15.3. The summed E-state index contributed by atoms with van der Waals surface area (Å²) in [5.74, 6) is 0.602. The highest BCUT2D eigenvalue weighted by molar-refractivity contribution is 5.57. The Labute approximate surface area is 103 Å². The summed E-state index contributed by atoms with van der Waals surface area (Å²) in [5.41, 5.74) is 3.96. The molecule has 18 heavy (non-hydrogen) atoms. The summed E-state index contributed by atoms with van der Waals surface area (Å²) in [6.07, 6.45) is 9.90. The second kappa shape index (κ2) is 3.56. The number of fused-ring (bicyclic) bond motifs is 3. The van der Waals surface area contributed by atoms with Crippen molar-refractivity contribution in [2.45, 2.75) is 19.3 Å². The van der Waals surface area contributed by atoms with E-state index in [9.17, 15) is 0 Å². The number of rotatable bonds is 1. The van der Waals surface area contributed by atoms with Crippen molar-refractivity contribution in [3.05, 3.63) is 36.2 Å². The standard InChI is InChI=1S/C12H10N6/c1-2-8-9(3-1)15-7-18-12(8)16-11(17-18)10-6-13-4-5-14-10/h4-7H,1-3H2. The van der Waals surface area contributed by atoms with Crippen molar-refractivity contribution in [2.24, 2.45) is 0 Å². The van der Waals surface area contributed by atoms with E-state index in [1.54, 1.807) is 29.4 Å². The predicted molar refractivity (Wildman–Crippen MR) is 63.8 cm³/mol. The first-order valence-electron chi connectivity index (χ1n) is 5.91. The molecule has 0 radical (unpaired) electrons. The van der Waals surface area contributed by atoms with Gasteiger partial charge in [0, 0.05) is 23.7 Å². The minimum absolute atomic E-state index is 0.602. The van der Waals surface area contributed by atoms with Crippen LogP contribution in [0.15, 0.2) is 24.9 Å². The van der Waals surface area contributed by atoms with E-state index in [0.29, 0.717) is 11.5 Å². The number of hydrogen-bond donors (Lipinski definition) is 0. The van der Waals surface area contributed by atoms with Crippen molar-refractivity contribution in [2.75, 3.05) is 0 Å². The van der Waals surface area contributed by atoms with Crippen LogP contribution in [0.5, 0.6) is 0 Å². The molecule has 0 fully saturated rings. The molecule has 3 heterocycles. The maximum Gasteiger partial charge on any atom is 0.202 e. The quantitative estimate of drug-likeness (QED) is 0.634. The summed E-state index contributed by atoms with van der Waals surface area (Å²) < 4.78 is 1.73. The molecule has 0 unspecified atom stereocenters. The maximum absolute atomic E-state index is 4.56. The van der Waals surface area contributed by atoms with Crippen LogP contribution in [-0.4, -0.2) is 29.5 Å². The summed E-state index contributed by atoms with van der Waals surface area (Å²) in [4.78, 5) is 17.2. The Hall–Kier alpha value is -2.37. The van der Waals surface area contributed by atoms with E-state index in [4.69, 9.17) is 0 Å². The zero-order valence-corrected chi connectivity index (χ0v) is 9.61. The predicted octanol–water partition coefficient (Wildman–Crippen LogP) is 1.07. The monoisotopic (exact) mass is 238 g/mol. The van der Waals surface area contributed by atoms with Crippen LogP contribution < -0.4 is 0 Å². The molecule has 0 saturated heterocycles. The Morgan fingerprint density at radius 2 is 2.11 bits per heavy atom. The molecule has 0 aromatic carbocycles. The van der Waals surface area contributed by atoms with Crippen LogP contribution in [0.25, 0.3) is 17.2 Å². The normalized spacial score (nSPS) is 14.0. The molecular formula is C12H10N6. The summed E-state index contributed by atoms with van der Waals surface area (Å²) in [5, 5.41) is 4.40. The Balaban J connectivity index is 1.95. The Kier molecular flexibility index (Phi) is 1.91. The maximum atomic E-state index is 4.56. The summed E-state index contributed by atoms with van der Waals surface area (Å²) >= 11 is 0. The van der Waals surface area contributed by atoms with Crippen LogP contribution in [0.3, 0.4) is 0 Å². The molecule has 88 valence electrons. The molecule has 1 aliphatic rings. The van der Waals surface area contributed by atoms with Gasteiger partial charge < -0.3 is 0 Å². The van der Waals surface area contributed by atoms with Crippen LogP contribution in [0.2, 0.25) is 0 Å². The van der Waals surface area contributed by atoms with Crippen LogP contribution in [0, 0.1) is 0 Å². The first-order valence-corrected chi connectivity index (χ1v) is 5.91. The van der Waals surface area contributed by atoms with Gasteiger partial charge in [0.25, 0.3) is 0 Å². The second-order valence-corrected chi connectivity index (χ2v) is 4.32. The fraction of sp³-hybridized carbons (Fsp3) is 0.250. The van der Waals surface area contributed by atoms with Gasteiger partial charge in [-0.3, -0.25) is 4.98 Å². The lowest BCUT2D eigenvalue weighted by molar-refractivity contribution is 0.887. The lowest BCUT2D eigenvalue weighted by Crippen LogP contribution is -1.96. The summed E-state index contributed by atoms with van der Waals surface area (Å²) in [7, 11) is 0. The van der Waals surface area contributed by atoms with E-state index in [0.717, 1.165) is 30.6 Å². The molecule has 0 spiro atoms. The topological polar surface area (TPSA) is 68.9 Å². The minimum Gasteiger partial charge on any atom is -0.261 e. The van der Waals surface area contributed by atoms with Gasteiger partial charge in [-0.25, -0.2) is 19.5 Å². The van der Waals surface area contributed by atoms with E-state index in [1.165, 1.54) is 5.56 Å². The fourth-order valence-electron chi connectivity index (χ4n) is 2.37. The van der Waals surface area contributed by atoms with Gasteiger partial charge in [0.1, 0.15) is 12.0 Å². The third kappa shape index (κ3) is 1.32. The Morgan fingerprint density at radius 3 is 3.00 bits per heavy atom. The average molecular weight is 238 g/mol. The van der Waals surface area contributed by atoms with E-state index >= 15 is 0 Å². The third-order valence-corrected chi connectivity index (χ3v) is 3.21. The molecule has 0 aliphatic heterocycles. The molecule has 0 N–H and O–H groups in total. The summed E-state index contributed by atoms with van der Waals surface area (Å²) in [6, 6.07) is 0. The van der Waals surface area contributed by atoms with Gasteiger partial charge >= 0.3 is 0 Å². The van der Waals surface area contributed by atoms with E-state index in [1.807, 2.05) is 0 Å². The molecule has 3 aromatic rings. The van der Waals surface area contributed by atoms with Crippen molar-refractivity contribution in [3.8, 4) is 11.5 Å². The van der Waals surface area contributed by atoms with E-state index < -0.39 is 0 Å². The fourth-order valence-corrected chi connectivity index (χ4v) is 2.37. The van der Waals surface area contributed by atoms with Gasteiger partial charge in [0.2, 0.25) is 5.82 Å². The molecule has 6 nitrogen and oxygen atoms in total. The molecule has 0 bridgehead atoms. The number of aromatic nitrogens is 6. The first kappa shape index (κ1) is 9.64.